The topological polar surface area (TPSA) is 56.8 Å². The minimum Gasteiger partial charge on any atom is -0.491 e. The molecule has 0 aromatic heterocycles. The third kappa shape index (κ3) is 5.10. The van der Waals surface area contributed by atoms with Crippen molar-refractivity contribution in [2.45, 2.75) is 18.9 Å². The Kier molecular flexibility index (Phi) is 6.28. The zero-order valence-electron chi connectivity index (χ0n) is 14.6. The number of carbonyl (C=O) groups is 1. The van der Waals surface area contributed by atoms with Crippen LogP contribution in [-0.4, -0.2) is 31.8 Å². The van der Waals surface area contributed by atoms with Gasteiger partial charge in [0.1, 0.15) is 24.7 Å². The monoisotopic (exact) mass is 353 g/mol. The number of rotatable bonds is 8. The van der Waals surface area contributed by atoms with Gasteiger partial charge in [-0.3, -0.25) is 4.79 Å². The second-order valence-electron chi connectivity index (χ2n) is 6.05. The van der Waals surface area contributed by atoms with Crippen molar-refractivity contribution in [3.63, 3.8) is 0 Å². The number of benzene rings is 2. The lowest BCUT2D eigenvalue weighted by atomic mass is 10.2. The summed E-state index contributed by atoms with van der Waals surface area (Å²) >= 11 is 0. The van der Waals surface area contributed by atoms with Crippen LogP contribution >= 0.6 is 0 Å². The van der Waals surface area contributed by atoms with E-state index >= 15 is 0 Å². The predicted octanol–water partition coefficient (Wildman–Crippen LogP) is 4.06. The van der Waals surface area contributed by atoms with Gasteiger partial charge in [-0.25, -0.2) is 0 Å². The molecule has 0 saturated carbocycles. The molecule has 1 fully saturated rings. The molecule has 0 aliphatic carbocycles. The van der Waals surface area contributed by atoms with Crippen molar-refractivity contribution in [2.24, 2.45) is 0 Å². The molecule has 136 valence electrons. The van der Waals surface area contributed by atoms with Gasteiger partial charge in [0.2, 0.25) is 0 Å². The van der Waals surface area contributed by atoms with Gasteiger partial charge in [-0.1, -0.05) is 12.7 Å². The Morgan fingerprint density at radius 1 is 1.12 bits per heavy atom. The molecule has 5 nitrogen and oxygen atoms in total. The van der Waals surface area contributed by atoms with Crippen LogP contribution in [0.3, 0.4) is 0 Å². The highest BCUT2D eigenvalue weighted by Crippen LogP contribution is 2.19. The van der Waals surface area contributed by atoms with E-state index in [0.29, 0.717) is 30.2 Å². The molecule has 0 radical (unpaired) electrons. The first-order valence-corrected chi connectivity index (χ1v) is 8.74. The van der Waals surface area contributed by atoms with E-state index in [0.717, 1.165) is 25.2 Å². The Bertz CT molecular complexity index is 719. The van der Waals surface area contributed by atoms with Gasteiger partial charge in [0.25, 0.3) is 5.91 Å². The van der Waals surface area contributed by atoms with E-state index in [1.165, 1.54) is 0 Å². The first kappa shape index (κ1) is 18.0. The summed E-state index contributed by atoms with van der Waals surface area (Å²) in [6.07, 6.45) is 4.01. The normalized spacial score (nSPS) is 16.1. The minimum atomic E-state index is -0.173. The highest BCUT2D eigenvalue weighted by atomic mass is 16.5. The molecular formula is C21H23NO4. The van der Waals surface area contributed by atoms with Crippen molar-refractivity contribution in [1.82, 2.24) is 0 Å². The van der Waals surface area contributed by atoms with E-state index in [9.17, 15) is 4.79 Å². The second-order valence-corrected chi connectivity index (χ2v) is 6.05. The zero-order chi connectivity index (χ0) is 18.2. The molecule has 0 bridgehead atoms. The summed E-state index contributed by atoms with van der Waals surface area (Å²) in [5, 5.41) is 2.87. The van der Waals surface area contributed by atoms with Gasteiger partial charge in [-0.2, -0.15) is 0 Å². The van der Waals surface area contributed by atoms with E-state index < -0.39 is 0 Å². The van der Waals surface area contributed by atoms with Crippen LogP contribution in [0.15, 0.2) is 61.2 Å². The number of ether oxygens (including phenoxy) is 3. The van der Waals surface area contributed by atoms with Crippen LogP contribution in [0, 0.1) is 0 Å². The summed E-state index contributed by atoms with van der Waals surface area (Å²) in [7, 11) is 0. The van der Waals surface area contributed by atoms with Crippen molar-refractivity contribution >= 4 is 11.6 Å². The van der Waals surface area contributed by atoms with Gasteiger partial charge in [-0.05, 0) is 61.4 Å². The number of anilines is 1. The third-order valence-electron chi connectivity index (χ3n) is 4.06. The summed E-state index contributed by atoms with van der Waals surface area (Å²) in [5.41, 5.74) is 1.28. The summed E-state index contributed by atoms with van der Waals surface area (Å²) in [6.45, 7) is 5.42. The molecule has 26 heavy (non-hydrogen) atoms. The minimum absolute atomic E-state index is 0.173. The molecule has 3 rings (SSSR count). The summed E-state index contributed by atoms with van der Waals surface area (Å²) in [4.78, 5) is 12.3. The fourth-order valence-electron chi connectivity index (χ4n) is 2.66. The van der Waals surface area contributed by atoms with Crippen molar-refractivity contribution in [1.29, 1.82) is 0 Å². The van der Waals surface area contributed by atoms with Gasteiger partial charge in [0.05, 0.1) is 6.10 Å². The SMILES string of the molecule is C=CCOc1ccc(C(=O)Nc2ccc(OCC3CCCO3)cc2)cc1. The number of hydrogen-bond acceptors (Lipinski definition) is 4. The van der Waals surface area contributed by atoms with Crippen LogP contribution in [0.2, 0.25) is 0 Å². The number of hydrogen-bond donors (Lipinski definition) is 1. The zero-order valence-corrected chi connectivity index (χ0v) is 14.6. The van der Waals surface area contributed by atoms with Gasteiger partial charge in [-0.15, -0.1) is 0 Å². The molecule has 5 heteroatoms. The molecule has 1 heterocycles. The standard InChI is InChI=1S/C21H23NO4/c1-2-13-24-18-9-5-16(6-10-18)21(23)22-17-7-11-19(12-8-17)26-15-20-4-3-14-25-20/h2,5-12,20H,1,3-4,13-15H2,(H,22,23). The number of amides is 1. The van der Waals surface area contributed by atoms with E-state index in [4.69, 9.17) is 14.2 Å². The molecule has 1 saturated heterocycles. The average molecular weight is 353 g/mol. The van der Waals surface area contributed by atoms with Gasteiger partial charge in [0, 0.05) is 17.9 Å². The highest BCUT2D eigenvalue weighted by Gasteiger charge is 2.16. The molecule has 1 aliphatic rings. The molecule has 1 atom stereocenters. The Balaban J connectivity index is 1.51. The number of nitrogens with one attached hydrogen (secondary N) is 1. The lowest BCUT2D eigenvalue weighted by Crippen LogP contribution is -2.16. The van der Waals surface area contributed by atoms with E-state index in [1.807, 2.05) is 24.3 Å². The van der Waals surface area contributed by atoms with E-state index in [1.54, 1.807) is 30.3 Å². The van der Waals surface area contributed by atoms with Crippen molar-refractivity contribution < 1.29 is 19.0 Å². The molecule has 2 aromatic rings. The molecule has 1 N–H and O–H groups in total. The van der Waals surface area contributed by atoms with Crippen LogP contribution in [0.4, 0.5) is 5.69 Å². The molecule has 1 unspecified atom stereocenters. The van der Waals surface area contributed by atoms with Gasteiger partial charge >= 0.3 is 0 Å². The Morgan fingerprint density at radius 3 is 2.46 bits per heavy atom. The molecule has 2 aromatic carbocycles. The highest BCUT2D eigenvalue weighted by molar-refractivity contribution is 6.04. The van der Waals surface area contributed by atoms with Crippen LogP contribution in [0.25, 0.3) is 0 Å². The quantitative estimate of drug-likeness (QED) is 0.727. The maximum atomic E-state index is 12.3. The Morgan fingerprint density at radius 2 is 1.81 bits per heavy atom. The first-order chi connectivity index (χ1) is 12.7. The van der Waals surface area contributed by atoms with Crippen LogP contribution in [0.1, 0.15) is 23.2 Å². The summed E-state index contributed by atoms with van der Waals surface area (Å²) in [5.74, 6) is 1.30. The largest absolute Gasteiger partial charge is 0.491 e. The Labute approximate surface area is 153 Å². The maximum Gasteiger partial charge on any atom is 0.255 e. The average Bonchev–Trinajstić information content (AvgIpc) is 3.20. The number of carbonyl (C=O) groups excluding carboxylic acids is 1. The molecule has 0 spiro atoms. The molecule has 1 amide bonds. The van der Waals surface area contributed by atoms with Gasteiger partial charge < -0.3 is 19.5 Å². The molecular weight excluding hydrogens is 330 g/mol. The Hall–Kier alpha value is -2.79. The van der Waals surface area contributed by atoms with Crippen molar-refractivity contribution in [3.05, 3.63) is 66.7 Å². The molecule has 1 aliphatic heterocycles. The second kappa shape index (κ2) is 9.06. The first-order valence-electron chi connectivity index (χ1n) is 8.74. The van der Waals surface area contributed by atoms with Gasteiger partial charge in [0.15, 0.2) is 0 Å². The van der Waals surface area contributed by atoms with E-state index in [2.05, 4.69) is 11.9 Å². The summed E-state index contributed by atoms with van der Waals surface area (Å²) in [6, 6.07) is 14.3. The summed E-state index contributed by atoms with van der Waals surface area (Å²) < 4.78 is 16.7. The third-order valence-corrected chi connectivity index (χ3v) is 4.06. The van der Waals surface area contributed by atoms with Crippen LogP contribution in [-0.2, 0) is 4.74 Å². The maximum absolute atomic E-state index is 12.3. The van der Waals surface area contributed by atoms with Crippen LogP contribution < -0.4 is 14.8 Å². The van der Waals surface area contributed by atoms with E-state index in [-0.39, 0.29) is 12.0 Å². The lowest BCUT2D eigenvalue weighted by Gasteiger charge is -2.12. The fourth-order valence-corrected chi connectivity index (χ4v) is 2.66. The van der Waals surface area contributed by atoms with Crippen molar-refractivity contribution in [3.8, 4) is 11.5 Å². The smallest absolute Gasteiger partial charge is 0.255 e. The van der Waals surface area contributed by atoms with Crippen molar-refractivity contribution in [2.75, 3.05) is 25.1 Å². The van der Waals surface area contributed by atoms with Crippen LogP contribution in [0.5, 0.6) is 11.5 Å². The fraction of sp³-hybridized carbons (Fsp3) is 0.286. The lowest BCUT2D eigenvalue weighted by molar-refractivity contribution is 0.0679. The predicted molar refractivity (Wildman–Crippen MR) is 101 cm³/mol.